The summed E-state index contributed by atoms with van der Waals surface area (Å²) >= 11 is 0. The van der Waals surface area contributed by atoms with Crippen LogP contribution in [-0.2, 0) is 20.0 Å². The first-order chi connectivity index (χ1) is 14.7. The summed E-state index contributed by atoms with van der Waals surface area (Å²) < 4.78 is 53.0. The van der Waals surface area contributed by atoms with Crippen LogP contribution in [0.2, 0.25) is 0 Å². The van der Waals surface area contributed by atoms with Gasteiger partial charge >= 0.3 is 0 Å². The van der Waals surface area contributed by atoms with Crippen molar-refractivity contribution in [3.8, 4) is 0 Å². The fourth-order valence-corrected chi connectivity index (χ4v) is 6.19. The number of amides is 1. The lowest BCUT2D eigenvalue weighted by atomic mass is 10.2. The van der Waals surface area contributed by atoms with Crippen LogP contribution in [0.5, 0.6) is 0 Å². The lowest BCUT2D eigenvalue weighted by Crippen LogP contribution is -2.29. The number of hydrogen-bond donors (Lipinski definition) is 2. The molecule has 1 saturated heterocycles. The third kappa shape index (κ3) is 4.72. The topological polar surface area (TPSA) is 125 Å². The highest BCUT2D eigenvalue weighted by atomic mass is 32.2. The molecule has 2 heterocycles. The molecule has 11 heteroatoms. The van der Waals surface area contributed by atoms with Crippen molar-refractivity contribution in [3.63, 3.8) is 0 Å². The van der Waals surface area contributed by atoms with Gasteiger partial charge in [0.15, 0.2) is 0 Å². The highest BCUT2D eigenvalue weighted by Gasteiger charge is 2.28. The number of nitrogens with one attached hydrogen (secondary N) is 2. The number of benzene rings is 2. The second-order valence-electron chi connectivity index (χ2n) is 7.31. The minimum absolute atomic E-state index is 0.0227. The number of carbonyl (C=O) groups excluding carboxylic acids is 1. The van der Waals surface area contributed by atoms with Crippen LogP contribution >= 0.6 is 0 Å². The highest BCUT2D eigenvalue weighted by Crippen LogP contribution is 2.24. The maximum atomic E-state index is 12.6. The van der Waals surface area contributed by atoms with Crippen LogP contribution in [0.3, 0.4) is 0 Å². The van der Waals surface area contributed by atoms with Crippen molar-refractivity contribution in [1.29, 1.82) is 0 Å². The normalized spacial score (nSPS) is 17.9. The molecular weight excluding hydrogens is 440 g/mol. The van der Waals surface area contributed by atoms with E-state index in [2.05, 4.69) is 15.0 Å². The Bertz CT molecular complexity index is 1240. The van der Waals surface area contributed by atoms with Gasteiger partial charge in [-0.2, -0.15) is 0 Å². The molecule has 2 aliphatic heterocycles. The van der Waals surface area contributed by atoms with E-state index in [1.54, 1.807) is 36.4 Å². The molecular formula is C20H22N4O5S2. The quantitative estimate of drug-likeness (QED) is 0.703. The summed E-state index contributed by atoms with van der Waals surface area (Å²) in [5, 5.41) is 2.68. The van der Waals surface area contributed by atoms with E-state index in [1.807, 2.05) is 0 Å². The Morgan fingerprint density at radius 2 is 1.84 bits per heavy atom. The van der Waals surface area contributed by atoms with E-state index in [4.69, 9.17) is 0 Å². The number of aliphatic imine (C=N–C) groups is 1. The van der Waals surface area contributed by atoms with Crippen molar-refractivity contribution in [3.05, 3.63) is 54.1 Å². The monoisotopic (exact) mass is 462 g/mol. The summed E-state index contributed by atoms with van der Waals surface area (Å²) in [6.07, 6.45) is 1.98. The Morgan fingerprint density at radius 1 is 1.06 bits per heavy atom. The van der Waals surface area contributed by atoms with Crippen LogP contribution in [0.4, 0.5) is 11.4 Å². The molecule has 2 aromatic carbocycles. The van der Waals surface area contributed by atoms with Crippen molar-refractivity contribution in [2.24, 2.45) is 4.99 Å². The van der Waals surface area contributed by atoms with E-state index in [0.29, 0.717) is 48.7 Å². The van der Waals surface area contributed by atoms with E-state index in [1.165, 1.54) is 16.4 Å². The first-order valence-corrected chi connectivity index (χ1v) is 12.9. The second-order valence-corrected chi connectivity index (χ2v) is 11.0. The molecule has 0 aromatic heterocycles. The Labute approximate surface area is 181 Å². The molecule has 0 unspecified atom stereocenters. The van der Waals surface area contributed by atoms with Crippen molar-refractivity contribution in [2.45, 2.75) is 24.2 Å². The van der Waals surface area contributed by atoms with Gasteiger partial charge in [0, 0.05) is 30.8 Å². The molecule has 0 spiro atoms. The standard InChI is InChI=1S/C20H22N4O5S2/c25-20(15-7-9-17(10-8-15)24-12-3-13-30(24,26)27)22-16-4-1-5-18(14-16)31(28,29)23-19-6-2-11-21-19/h1,4-5,7-10,14H,2-3,6,11-13H2,(H,21,23)(H,22,25). The lowest BCUT2D eigenvalue weighted by Gasteiger charge is -2.17. The molecule has 0 saturated carbocycles. The highest BCUT2D eigenvalue weighted by molar-refractivity contribution is 7.93. The molecule has 0 radical (unpaired) electrons. The van der Waals surface area contributed by atoms with E-state index in [9.17, 15) is 21.6 Å². The maximum absolute atomic E-state index is 12.6. The minimum Gasteiger partial charge on any atom is -0.322 e. The van der Waals surface area contributed by atoms with E-state index >= 15 is 0 Å². The van der Waals surface area contributed by atoms with Gasteiger partial charge in [-0.1, -0.05) is 6.07 Å². The van der Waals surface area contributed by atoms with Crippen molar-refractivity contribution in [1.82, 2.24) is 4.72 Å². The van der Waals surface area contributed by atoms with Crippen LogP contribution in [-0.4, -0.2) is 47.4 Å². The fraction of sp³-hybridized carbons (Fsp3) is 0.300. The van der Waals surface area contributed by atoms with Crippen LogP contribution in [0.15, 0.2) is 58.4 Å². The molecule has 164 valence electrons. The molecule has 1 fully saturated rings. The van der Waals surface area contributed by atoms with Gasteiger partial charge in [-0.05, 0) is 55.3 Å². The molecule has 2 aromatic rings. The van der Waals surface area contributed by atoms with E-state index in [-0.39, 0.29) is 10.6 Å². The molecule has 9 nitrogen and oxygen atoms in total. The van der Waals surface area contributed by atoms with Crippen LogP contribution < -0.4 is 14.3 Å². The zero-order chi connectivity index (χ0) is 22.1. The Kier molecular flexibility index (Phi) is 5.71. The number of hydrogen-bond acceptors (Lipinski definition) is 6. The Hall–Kier alpha value is -2.92. The molecule has 2 N–H and O–H groups in total. The van der Waals surface area contributed by atoms with Crippen molar-refractivity contribution >= 4 is 43.2 Å². The van der Waals surface area contributed by atoms with Gasteiger partial charge in [0.25, 0.3) is 15.9 Å². The van der Waals surface area contributed by atoms with E-state index in [0.717, 1.165) is 6.42 Å². The third-order valence-corrected chi connectivity index (χ3v) is 8.29. The molecule has 31 heavy (non-hydrogen) atoms. The van der Waals surface area contributed by atoms with Crippen molar-refractivity contribution < 1.29 is 21.6 Å². The largest absolute Gasteiger partial charge is 0.322 e. The molecule has 0 aliphatic carbocycles. The third-order valence-electron chi connectivity index (χ3n) is 5.05. The summed E-state index contributed by atoms with van der Waals surface area (Å²) in [5.41, 5.74) is 1.17. The van der Waals surface area contributed by atoms with Gasteiger partial charge in [-0.3, -0.25) is 18.8 Å². The predicted molar refractivity (Wildman–Crippen MR) is 118 cm³/mol. The van der Waals surface area contributed by atoms with E-state index < -0.39 is 26.0 Å². The Morgan fingerprint density at radius 3 is 2.48 bits per heavy atom. The maximum Gasteiger partial charge on any atom is 0.262 e. The summed E-state index contributed by atoms with van der Waals surface area (Å²) in [5.74, 6) is 0.129. The zero-order valence-electron chi connectivity index (χ0n) is 16.6. The van der Waals surface area contributed by atoms with Crippen LogP contribution in [0.25, 0.3) is 0 Å². The first kappa shape index (κ1) is 21.3. The Balaban J connectivity index is 1.47. The molecule has 1 amide bonds. The zero-order valence-corrected chi connectivity index (χ0v) is 18.2. The van der Waals surface area contributed by atoms with Crippen LogP contribution in [0.1, 0.15) is 29.6 Å². The number of carbonyl (C=O) groups is 1. The summed E-state index contributed by atoms with van der Waals surface area (Å²) in [4.78, 5) is 16.7. The molecule has 0 bridgehead atoms. The molecule has 2 aliphatic rings. The SMILES string of the molecule is O=C(Nc1cccc(S(=O)(=O)NC2=NCCC2)c1)c1ccc(N2CCCS2(=O)=O)cc1. The second kappa shape index (κ2) is 8.31. The number of anilines is 2. The fourth-order valence-electron chi connectivity index (χ4n) is 3.49. The number of rotatable bonds is 5. The van der Waals surface area contributed by atoms with Gasteiger partial charge in [0.05, 0.1) is 16.3 Å². The predicted octanol–water partition coefficient (Wildman–Crippen LogP) is 1.95. The average Bonchev–Trinajstić information content (AvgIpc) is 3.36. The van der Waals surface area contributed by atoms with Crippen LogP contribution in [0, 0.1) is 0 Å². The van der Waals surface area contributed by atoms with Gasteiger partial charge < -0.3 is 5.32 Å². The summed E-state index contributed by atoms with van der Waals surface area (Å²) in [6, 6.07) is 12.2. The van der Waals surface area contributed by atoms with Crippen molar-refractivity contribution in [2.75, 3.05) is 28.5 Å². The van der Waals surface area contributed by atoms with Gasteiger partial charge in [-0.25, -0.2) is 16.8 Å². The van der Waals surface area contributed by atoms with Gasteiger partial charge in [0.2, 0.25) is 10.0 Å². The van der Waals surface area contributed by atoms with Gasteiger partial charge in [-0.15, -0.1) is 0 Å². The first-order valence-electron chi connectivity index (χ1n) is 9.83. The number of nitrogens with zero attached hydrogens (tertiary/aromatic N) is 2. The summed E-state index contributed by atoms with van der Waals surface area (Å²) in [7, 11) is -7.08. The smallest absolute Gasteiger partial charge is 0.262 e. The number of amidine groups is 1. The van der Waals surface area contributed by atoms with Gasteiger partial charge in [0.1, 0.15) is 5.84 Å². The lowest BCUT2D eigenvalue weighted by molar-refractivity contribution is 0.102. The molecule has 0 atom stereocenters. The summed E-state index contributed by atoms with van der Waals surface area (Å²) in [6.45, 7) is 1.03. The minimum atomic E-state index is -3.79. The number of sulfonamides is 2. The molecule has 4 rings (SSSR count). The average molecular weight is 463 g/mol.